The molecule has 32 nitrogen and oxygen atoms in total. The molecule has 0 aliphatic rings. The topological polar surface area (TPSA) is 540 Å². The van der Waals surface area contributed by atoms with Gasteiger partial charge in [0.25, 0.3) is 23.6 Å². The first kappa shape index (κ1) is 68.6. The molecule has 4 aromatic rings. The van der Waals surface area contributed by atoms with E-state index in [0.717, 1.165) is 0 Å². The SMILES string of the molecule is COc1ccc(NC(=O)[C@@H](CCCN=C(N)N)NC(=O)c2cc(NC(=O)[C@@H](CCC(=O)O)NC(=O)c3cc(NC(=O)[C@@H](CCCN=C(N)N)NC(=O)c4cc(NC(=O)[C@H](N)CCCN=C(N)N)ccc4OC)ccc3OC)ccc2OC)cc1C(N)=O. The zero-order valence-electron chi connectivity index (χ0n) is 48.2. The molecule has 8 amide bonds. The number of hydrogen-bond donors (Lipinski definition) is 16. The van der Waals surface area contributed by atoms with Crippen LogP contribution in [0.25, 0.3) is 0 Å². The van der Waals surface area contributed by atoms with Crippen LogP contribution >= 0.6 is 0 Å². The summed E-state index contributed by atoms with van der Waals surface area (Å²) in [5, 5.41) is 28.1. The van der Waals surface area contributed by atoms with Crippen LogP contribution in [0.2, 0.25) is 0 Å². The quantitative estimate of drug-likeness (QED) is 0.0157. The van der Waals surface area contributed by atoms with Crippen molar-refractivity contribution < 1.29 is 67.2 Å². The fourth-order valence-electron chi connectivity index (χ4n) is 8.23. The molecule has 4 atom stereocenters. The van der Waals surface area contributed by atoms with Gasteiger partial charge in [-0.3, -0.25) is 58.1 Å². The Morgan fingerprint density at radius 3 is 1.01 bits per heavy atom. The molecule has 24 N–H and O–H groups in total. The lowest BCUT2D eigenvalue weighted by Gasteiger charge is -2.21. The molecule has 87 heavy (non-hydrogen) atoms. The molecule has 0 aliphatic carbocycles. The number of carboxylic acid groups (broad SMARTS) is 1. The number of benzene rings is 4. The average molecular weight is 1210 g/mol. The minimum absolute atomic E-state index is 0.00329. The summed E-state index contributed by atoms with van der Waals surface area (Å²) >= 11 is 0. The Balaban J connectivity index is 1.58. The first-order valence-corrected chi connectivity index (χ1v) is 26.7. The Morgan fingerprint density at radius 1 is 0.425 bits per heavy atom. The molecular weight excluding hydrogens is 1140 g/mol. The number of amides is 8. The highest BCUT2D eigenvalue weighted by Crippen LogP contribution is 2.28. The highest BCUT2D eigenvalue weighted by molar-refractivity contribution is 6.08. The molecule has 4 rings (SSSR count). The number of methoxy groups -OCH3 is 4. The van der Waals surface area contributed by atoms with Gasteiger partial charge in [-0.2, -0.15) is 0 Å². The molecule has 32 heteroatoms. The fraction of sp³-hybridized carbons (Fsp3) is 0.345. The van der Waals surface area contributed by atoms with Crippen LogP contribution in [0.1, 0.15) is 92.8 Å². The molecule has 0 aromatic heterocycles. The van der Waals surface area contributed by atoms with Gasteiger partial charge in [-0.25, -0.2) is 0 Å². The number of carbonyl (C=O) groups excluding carboxylic acids is 8. The number of guanidine groups is 3. The van der Waals surface area contributed by atoms with Gasteiger partial charge < -0.3 is 107 Å². The van der Waals surface area contributed by atoms with E-state index >= 15 is 0 Å². The molecule has 0 heterocycles. The summed E-state index contributed by atoms with van der Waals surface area (Å²) < 4.78 is 21.5. The highest BCUT2D eigenvalue weighted by Gasteiger charge is 2.29. The normalized spacial score (nSPS) is 11.9. The zero-order valence-corrected chi connectivity index (χ0v) is 48.2. The average Bonchev–Trinajstić information content (AvgIpc) is 2.94. The van der Waals surface area contributed by atoms with Gasteiger partial charge in [0.05, 0.1) is 56.7 Å². The van der Waals surface area contributed by atoms with E-state index in [4.69, 9.17) is 64.8 Å². The van der Waals surface area contributed by atoms with Crippen molar-refractivity contribution in [3.8, 4) is 23.0 Å². The Labute approximate surface area is 499 Å². The van der Waals surface area contributed by atoms with Crippen LogP contribution in [0.5, 0.6) is 23.0 Å². The monoisotopic (exact) mass is 1210 g/mol. The van der Waals surface area contributed by atoms with Crippen LogP contribution in [0.3, 0.4) is 0 Å². The maximum Gasteiger partial charge on any atom is 0.303 e. The molecule has 4 aromatic carbocycles. The van der Waals surface area contributed by atoms with E-state index in [-0.39, 0.29) is 138 Å². The summed E-state index contributed by atoms with van der Waals surface area (Å²) in [5.74, 6) is -8.03. The Kier molecular flexibility index (Phi) is 26.8. The lowest BCUT2D eigenvalue weighted by atomic mass is 10.1. The molecule has 0 fully saturated rings. The zero-order chi connectivity index (χ0) is 64.3. The van der Waals surface area contributed by atoms with Gasteiger partial charge in [0.15, 0.2) is 17.9 Å². The largest absolute Gasteiger partial charge is 0.496 e. The number of nitrogens with one attached hydrogen (secondary N) is 7. The van der Waals surface area contributed by atoms with Crippen molar-refractivity contribution in [1.29, 1.82) is 0 Å². The molecule has 468 valence electrons. The van der Waals surface area contributed by atoms with E-state index in [9.17, 15) is 48.3 Å². The van der Waals surface area contributed by atoms with Gasteiger partial charge in [0.2, 0.25) is 23.6 Å². The van der Waals surface area contributed by atoms with Crippen LogP contribution in [-0.4, -0.2) is 148 Å². The molecule has 0 radical (unpaired) electrons. The number of aliphatic imine (C=N–C) groups is 3. The lowest BCUT2D eigenvalue weighted by molar-refractivity contribution is -0.137. The van der Waals surface area contributed by atoms with Gasteiger partial charge in [-0.1, -0.05) is 0 Å². The number of aliphatic carboxylic acids is 1. The number of nitrogens with zero attached hydrogens (tertiary/aromatic N) is 3. The number of carboxylic acids is 1. The van der Waals surface area contributed by atoms with Crippen molar-refractivity contribution in [1.82, 2.24) is 16.0 Å². The predicted molar refractivity (Wildman–Crippen MR) is 323 cm³/mol. The van der Waals surface area contributed by atoms with Crippen LogP contribution in [0, 0.1) is 0 Å². The van der Waals surface area contributed by atoms with Crippen LogP contribution in [-0.2, 0) is 24.0 Å². The minimum Gasteiger partial charge on any atom is -0.496 e. The number of ether oxygens (including phenoxy) is 4. The van der Waals surface area contributed by atoms with E-state index in [2.05, 4.69) is 52.2 Å². The summed E-state index contributed by atoms with van der Waals surface area (Å²) in [4.78, 5) is 133. The second kappa shape index (κ2) is 34.0. The smallest absolute Gasteiger partial charge is 0.303 e. The molecule has 0 spiro atoms. The molecule has 0 saturated carbocycles. The third kappa shape index (κ3) is 22.0. The second-order valence-electron chi connectivity index (χ2n) is 18.9. The molecule has 0 saturated heterocycles. The van der Waals surface area contributed by atoms with Gasteiger partial charge in [-0.15, -0.1) is 0 Å². The maximum absolute atomic E-state index is 14.2. The third-order valence-corrected chi connectivity index (χ3v) is 12.6. The number of primary amides is 1. The van der Waals surface area contributed by atoms with Crippen molar-refractivity contribution in [2.24, 2.45) is 60.8 Å². The summed E-state index contributed by atoms with van der Waals surface area (Å²) in [6.07, 6.45) is -0.0459. The number of rotatable bonds is 34. The van der Waals surface area contributed by atoms with Crippen molar-refractivity contribution in [2.45, 2.75) is 75.5 Å². The Bertz CT molecular complexity index is 3240. The number of hydrogen-bond acceptors (Lipinski definition) is 17. The standard InChI is InChI=1S/C55H74N18O14/c1-84-40-16-11-28(24-32(40)45(57)76)68-50(81)37(9-6-22-65-54(60)61)71-47(78)34-27-31(14-19-42(34)86-3)70-52(83)39(15-20-44(74)75)73-48(79)35-26-30(13-18-43(35)87-4)69-51(82)38(10-7-23-66-55(62)63)72-46(77)33-25-29(12-17-41(33)85-2)67-49(80)36(56)8-5-21-64-53(58)59/h11-14,16-19,24-27,36-39H,5-10,15,20-23,56H2,1-4H3,(H2,57,76)(H,67,80)(H,68,81)(H,69,82)(H,70,83)(H,71,78)(H,72,77)(H,73,79)(H,74,75)(H4,58,59,64)(H4,60,61,65)(H4,62,63,66)/t36-,37-,38-,39-/m1/s1. The number of nitrogens with two attached hydrogens (primary N) is 8. The van der Waals surface area contributed by atoms with E-state index in [1.165, 1.54) is 101 Å². The first-order chi connectivity index (χ1) is 41.4. The minimum atomic E-state index is -1.56. The first-order valence-electron chi connectivity index (χ1n) is 26.7. The fourth-order valence-corrected chi connectivity index (χ4v) is 8.23. The lowest BCUT2D eigenvalue weighted by Crippen LogP contribution is -2.45. The van der Waals surface area contributed by atoms with Crippen molar-refractivity contribution in [3.63, 3.8) is 0 Å². The van der Waals surface area contributed by atoms with Crippen molar-refractivity contribution >= 4 is 93.9 Å². The van der Waals surface area contributed by atoms with E-state index in [1.807, 2.05) is 0 Å². The summed E-state index contributed by atoms with van der Waals surface area (Å²) in [6, 6.07) is 11.2. The number of anilines is 4. The molecule has 0 bridgehead atoms. The van der Waals surface area contributed by atoms with Gasteiger partial charge in [0.1, 0.15) is 41.1 Å². The maximum atomic E-state index is 14.2. The van der Waals surface area contributed by atoms with Crippen molar-refractivity contribution in [2.75, 3.05) is 69.3 Å². The third-order valence-electron chi connectivity index (χ3n) is 12.6. The molecule has 0 aliphatic heterocycles. The Hall–Kier alpha value is -10.9. The van der Waals surface area contributed by atoms with Crippen LogP contribution in [0.4, 0.5) is 22.7 Å². The predicted octanol–water partition coefficient (Wildman–Crippen LogP) is -0.677. The van der Waals surface area contributed by atoms with Gasteiger partial charge in [0, 0.05) is 48.8 Å². The van der Waals surface area contributed by atoms with E-state index < -0.39 is 90.2 Å². The molecular formula is C55H74N18O14. The van der Waals surface area contributed by atoms with Gasteiger partial charge in [-0.05, 0) is 118 Å². The Morgan fingerprint density at radius 2 is 0.713 bits per heavy atom. The summed E-state index contributed by atoms with van der Waals surface area (Å²) in [5.41, 5.74) is 44.1. The van der Waals surface area contributed by atoms with E-state index in [0.29, 0.717) is 6.42 Å². The van der Waals surface area contributed by atoms with Gasteiger partial charge >= 0.3 is 5.97 Å². The second-order valence-corrected chi connectivity index (χ2v) is 18.9. The van der Waals surface area contributed by atoms with Crippen molar-refractivity contribution in [3.05, 3.63) is 95.1 Å². The summed E-state index contributed by atoms with van der Waals surface area (Å²) in [7, 11) is 5.17. The van der Waals surface area contributed by atoms with Crippen LogP contribution in [0.15, 0.2) is 87.8 Å². The number of carbonyl (C=O) groups is 9. The molecule has 0 unspecified atom stereocenters. The van der Waals surface area contributed by atoms with Crippen LogP contribution < -0.4 is 102 Å². The highest BCUT2D eigenvalue weighted by atomic mass is 16.5. The van der Waals surface area contributed by atoms with E-state index in [1.54, 1.807) is 0 Å². The summed E-state index contributed by atoms with van der Waals surface area (Å²) in [6.45, 7) is 0.408.